The van der Waals surface area contributed by atoms with E-state index in [0.717, 1.165) is 30.5 Å². The normalized spacial score (nSPS) is 17.3. The highest BCUT2D eigenvalue weighted by Crippen LogP contribution is 2.30. The number of carbonyl (C=O) groups excluding carboxylic acids is 2. The third-order valence-corrected chi connectivity index (χ3v) is 4.38. The van der Waals surface area contributed by atoms with Crippen molar-refractivity contribution in [2.24, 2.45) is 5.73 Å². The largest absolute Gasteiger partial charge is 0.484 e. The number of H-pyrrole nitrogens is 1. The third kappa shape index (κ3) is 3.99. The fourth-order valence-corrected chi connectivity index (χ4v) is 3.12. The van der Waals surface area contributed by atoms with Crippen molar-refractivity contribution in [1.29, 1.82) is 0 Å². The molecule has 132 valence electrons. The number of hydrogen-bond donors (Lipinski definition) is 2. The first kappa shape index (κ1) is 17.0. The molecule has 1 atom stereocenters. The van der Waals surface area contributed by atoms with Gasteiger partial charge in [0.05, 0.1) is 11.7 Å². The molecule has 0 bridgehead atoms. The number of aromatic amines is 1. The van der Waals surface area contributed by atoms with Crippen LogP contribution in [0.5, 0.6) is 5.75 Å². The molecular weight excluding hydrogens is 320 g/mol. The minimum Gasteiger partial charge on any atom is -0.484 e. The van der Waals surface area contributed by atoms with Gasteiger partial charge in [-0.05, 0) is 49.9 Å². The van der Waals surface area contributed by atoms with Crippen LogP contribution in [0.25, 0.3) is 0 Å². The topological polar surface area (TPSA) is 101 Å². The summed E-state index contributed by atoms with van der Waals surface area (Å²) in [6, 6.07) is 9.10. The zero-order valence-corrected chi connectivity index (χ0v) is 14.2. The molecule has 0 spiro atoms. The Balaban J connectivity index is 1.69. The minimum atomic E-state index is -0.584. The van der Waals surface area contributed by atoms with Crippen molar-refractivity contribution < 1.29 is 14.3 Å². The molecule has 1 aromatic carbocycles. The number of nitrogens with two attached hydrogens (primary N) is 1. The average molecular weight is 342 g/mol. The van der Waals surface area contributed by atoms with Crippen molar-refractivity contribution in [1.82, 2.24) is 15.1 Å². The maximum atomic E-state index is 12.7. The lowest BCUT2D eigenvalue weighted by Gasteiger charge is -2.35. The first-order valence-corrected chi connectivity index (χ1v) is 8.38. The van der Waals surface area contributed by atoms with Crippen molar-refractivity contribution in [2.75, 3.05) is 13.2 Å². The second-order valence-corrected chi connectivity index (χ2v) is 6.28. The lowest BCUT2D eigenvalue weighted by Crippen LogP contribution is -2.41. The zero-order chi connectivity index (χ0) is 17.8. The van der Waals surface area contributed by atoms with Gasteiger partial charge < -0.3 is 15.4 Å². The van der Waals surface area contributed by atoms with E-state index in [1.54, 1.807) is 11.0 Å². The molecule has 1 unspecified atom stereocenters. The van der Waals surface area contributed by atoms with Gasteiger partial charge in [0.2, 0.25) is 0 Å². The van der Waals surface area contributed by atoms with E-state index < -0.39 is 5.91 Å². The van der Waals surface area contributed by atoms with Gasteiger partial charge in [-0.25, -0.2) is 0 Å². The van der Waals surface area contributed by atoms with Crippen LogP contribution in [-0.4, -0.2) is 40.1 Å². The molecule has 1 aliphatic rings. The van der Waals surface area contributed by atoms with E-state index >= 15 is 0 Å². The molecule has 1 saturated heterocycles. The van der Waals surface area contributed by atoms with E-state index in [4.69, 9.17) is 10.5 Å². The van der Waals surface area contributed by atoms with Crippen LogP contribution in [0.3, 0.4) is 0 Å². The average Bonchev–Trinajstić information content (AvgIpc) is 3.10. The summed E-state index contributed by atoms with van der Waals surface area (Å²) < 4.78 is 5.64. The number of benzene rings is 1. The Kier molecular flexibility index (Phi) is 5.02. The van der Waals surface area contributed by atoms with Crippen molar-refractivity contribution in [3.63, 3.8) is 0 Å². The summed E-state index contributed by atoms with van der Waals surface area (Å²) in [7, 11) is 0. The molecule has 7 nitrogen and oxygen atoms in total. The predicted octanol–water partition coefficient (Wildman–Crippen LogP) is 1.95. The summed E-state index contributed by atoms with van der Waals surface area (Å²) in [5.41, 5.74) is 7.25. The van der Waals surface area contributed by atoms with Crippen LogP contribution in [0.4, 0.5) is 0 Å². The lowest BCUT2D eigenvalue weighted by atomic mass is 9.99. The maximum absolute atomic E-state index is 12.7. The number of nitrogens with one attached hydrogen (secondary N) is 1. The summed E-state index contributed by atoms with van der Waals surface area (Å²) in [6.07, 6.45) is 2.78. The smallest absolute Gasteiger partial charge is 0.269 e. The number of likely N-dealkylation sites (tertiary alicyclic amines) is 1. The molecule has 25 heavy (non-hydrogen) atoms. The third-order valence-electron chi connectivity index (χ3n) is 4.38. The summed E-state index contributed by atoms with van der Waals surface area (Å²) >= 11 is 0. The maximum Gasteiger partial charge on any atom is 0.269 e. The molecule has 2 heterocycles. The van der Waals surface area contributed by atoms with E-state index in [-0.39, 0.29) is 24.2 Å². The Morgan fingerprint density at radius 1 is 1.36 bits per heavy atom. The molecule has 2 aromatic rings. The summed E-state index contributed by atoms with van der Waals surface area (Å²) in [6.45, 7) is 2.62. The molecule has 7 heteroatoms. The Hall–Kier alpha value is -2.83. The van der Waals surface area contributed by atoms with E-state index in [0.29, 0.717) is 12.3 Å². The second kappa shape index (κ2) is 7.38. The van der Waals surface area contributed by atoms with Crippen molar-refractivity contribution in [3.8, 4) is 5.75 Å². The standard InChI is InChI=1S/C18H22N4O3/c1-12-5-4-6-13(9-12)25-11-17(23)22-8-3-2-7-16(22)14-10-15(18(19)24)21-20-14/h4-6,9-10,16H,2-3,7-8,11H2,1H3,(H2,19,24)(H,20,21). The SMILES string of the molecule is Cc1cccc(OCC(=O)N2CCCCC2c2cc(C(N)=O)n[nH]2)c1. The molecule has 2 amide bonds. The summed E-state index contributed by atoms with van der Waals surface area (Å²) in [4.78, 5) is 25.7. The number of amides is 2. The van der Waals surface area contributed by atoms with Gasteiger partial charge in [0, 0.05) is 6.54 Å². The number of piperidine rings is 1. The number of primary amides is 1. The van der Waals surface area contributed by atoms with Crippen LogP contribution < -0.4 is 10.5 Å². The Bertz CT molecular complexity index is 771. The van der Waals surface area contributed by atoms with E-state index in [9.17, 15) is 9.59 Å². The number of hydrogen-bond acceptors (Lipinski definition) is 4. The van der Waals surface area contributed by atoms with Crippen LogP contribution in [-0.2, 0) is 4.79 Å². The van der Waals surface area contributed by atoms with Gasteiger partial charge in [-0.15, -0.1) is 0 Å². The fraction of sp³-hybridized carbons (Fsp3) is 0.389. The molecule has 3 rings (SSSR count). The molecular formula is C18H22N4O3. The predicted molar refractivity (Wildman–Crippen MR) is 92.1 cm³/mol. The first-order valence-electron chi connectivity index (χ1n) is 8.38. The van der Waals surface area contributed by atoms with E-state index in [1.165, 1.54) is 0 Å². The Morgan fingerprint density at radius 3 is 2.92 bits per heavy atom. The van der Waals surface area contributed by atoms with Crippen LogP contribution in [0.15, 0.2) is 30.3 Å². The highest BCUT2D eigenvalue weighted by atomic mass is 16.5. The molecule has 0 saturated carbocycles. The molecule has 1 aromatic heterocycles. The number of ether oxygens (including phenoxy) is 1. The summed E-state index contributed by atoms with van der Waals surface area (Å²) in [5.74, 6) is 0.0138. The molecule has 1 aliphatic heterocycles. The highest BCUT2D eigenvalue weighted by molar-refractivity contribution is 5.90. The molecule has 3 N–H and O–H groups in total. The van der Waals surface area contributed by atoms with Gasteiger partial charge in [-0.2, -0.15) is 5.10 Å². The van der Waals surface area contributed by atoms with Gasteiger partial charge in [-0.3, -0.25) is 14.7 Å². The summed E-state index contributed by atoms with van der Waals surface area (Å²) in [5, 5.41) is 6.76. The number of rotatable bonds is 5. The highest BCUT2D eigenvalue weighted by Gasteiger charge is 2.29. The Morgan fingerprint density at radius 2 is 2.20 bits per heavy atom. The minimum absolute atomic E-state index is 0.0171. The van der Waals surface area contributed by atoms with Crippen molar-refractivity contribution in [3.05, 3.63) is 47.3 Å². The number of aromatic nitrogens is 2. The quantitative estimate of drug-likeness (QED) is 0.867. The zero-order valence-electron chi connectivity index (χ0n) is 14.2. The fourth-order valence-electron chi connectivity index (χ4n) is 3.12. The lowest BCUT2D eigenvalue weighted by molar-refractivity contribution is -0.137. The van der Waals surface area contributed by atoms with Gasteiger partial charge in [0.1, 0.15) is 11.4 Å². The van der Waals surface area contributed by atoms with Crippen LogP contribution >= 0.6 is 0 Å². The molecule has 0 aliphatic carbocycles. The number of nitrogens with zero attached hydrogens (tertiary/aromatic N) is 2. The number of carbonyl (C=O) groups is 2. The van der Waals surface area contributed by atoms with Crippen LogP contribution in [0.2, 0.25) is 0 Å². The van der Waals surface area contributed by atoms with Gasteiger partial charge >= 0.3 is 0 Å². The van der Waals surface area contributed by atoms with Crippen LogP contribution in [0, 0.1) is 6.92 Å². The van der Waals surface area contributed by atoms with Gasteiger partial charge in [0.15, 0.2) is 6.61 Å². The Labute approximate surface area is 146 Å². The van der Waals surface area contributed by atoms with Crippen molar-refractivity contribution >= 4 is 11.8 Å². The monoisotopic (exact) mass is 342 g/mol. The van der Waals surface area contributed by atoms with Gasteiger partial charge in [0.25, 0.3) is 11.8 Å². The van der Waals surface area contributed by atoms with Gasteiger partial charge in [-0.1, -0.05) is 12.1 Å². The second-order valence-electron chi connectivity index (χ2n) is 6.28. The van der Waals surface area contributed by atoms with E-state index in [2.05, 4.69) is 10.2 Å². The van der Waals surface area contributed by atoms with E-state index in [1.807, 2.05) is 31.2 Å². The number of aryl methyl sites for hydroxylation is 1. The van der Waals surface area contributed by atoms with Crippen LogP contribution in [0.1, 0.15) is 47.1 Å². The first-order chi connectivity index (χ1) is 12.0. The molecule has 1 fully saturated rings. The molecule has 0 radical (unpaired) electrons. The van der Waals surface area contributed by atoms with Crippen molar-refractivity contribution in [2.45, 2.75) is 32.2 Å².